The van der Waals surface area contributed by atoms with Crippen LogP contribution in [-0.4, -0.2) is 20.6 Å². The molecule has 6 heteroatoms. The maximum absolute atomic E-state index is 12.5. The smallest absolute Gasteiger partial charge is 0.259 e. The predicted molar refractivity (Wildman–Crippen MR) is 81.6 cm³/mol. The SMILES string of the molecule is CO/C(=C(/O)c1ccccc1)S(=O)(=O)c1ccc(Cl)cc1. The highest BCUT2D eigenvalue weighted by Crippen LogP contribution is 2.27. The molecule has 0 saturated heterocycles. The van der Waals surface area contributed by atoms with Crippen LogP contribution in [0.3, 0.4) is 0 Å². The minimum atomic E-state index is -3.97. The van der Waals surface area contributed by atoms with E-state index in [2.05, 4.69) is 0 Å². The Morgan fingerprint density at radius 1 is 1.05 bits per heavy atom. The Morgan fingerprint density at radius 2 is 1.62 bits per heavy atom. The van der Waals surface area contributed by atoms with Gasteiger partial charge in [-0.1, -0.05) is 41.9 Å². The fourth-order valence-corrected chi connectivity index (χ4v) is 3.19. The van der Waals surface area contributed by atoms with E-state index in [1.54, 1.807) is 30.3 Å². The summed E-state index contributed by atoms with van der Waals surface area (Å²) in [5.74, 6) is -0.437. The Morgan fingerprint density at radius 3 is 2.14 bits per heavy atom. The first-order valence-corrected chi connectivity index (χ1v) is 7.86. The van der Waals surface area contributed by atoms with Gasteiger partial charge in [0.1, 0.15) is 0 Å². The molecule has 0 aliphatic heterocycles. The fourth-order valence-electron chi connectivity index (χ4n) is 1.77. The largest absolute Gasteiger partial charge is 0.503 e. The molecular weight excluding hydrogens is 312 g/mol. The van der Waals surface area contributed by atoms with Crippen molar-refractivity contribution in [2.24, 2.45) is 0 Å². The number of sulfone groups is 1. The van der Waals surface area contributed by atoms with Gasteiger partial charge < -0.3 is 9.84 Å². The number of rotatable bonds is 4. The van der Waals surface area contributed by atoms with Gasteiger partial charge in [-0.05, 0) is 24.3 Å². The number of halogens is 1. The van der Waals surface area contributed by atoms with Crippen LogP contribution in [0.1, 0.15) is 5.56 Å². The number of aliphatic hydroxyl groups excluding tert-OH is 1. The van der Waals surface area contributed by atoms with Crippen LogP contribution in [0, 0.1) is 0 Å². The van der Waals surface area contributed by atoms with Crippen LogP contribution in [0.5, 0.6) is 0 Å². The third kappa shape index (κ3) is 3.20. The molecule has 0 fully saturated rings. The standard InChI is InChI=1S/C15H13ClO4S/c1-20-15(14(17)11-5-3-2-4-6-11)21(18,19)13-9-7-12(16)8-10-13/h2-10,17H,1H3/b15-14-. The summed E-state index contributed by atoms with van der Waals surface area (Å²) in [5, 5.41) is 10.1. The van der Waals surface area contributed by atoms with Crippen molar-refractivity contribution >= 4 is 27.2 Å². The Hall–Kier alpha value is -1.98. The quantitative estimate of drug-likeness (QED) is 0.872. The lowest BCUT2D eigenvalue weighted by molar-refractivity contribution is 0.305. The van der Waals surface area contributed by atoms with E-state index in [1.165, 1.54) is 31.4 Å². The highest BCUT2D eigenvalue weighted by molar-refractivity contribution is 7.95. The minimum Gasteiger partial charge on any atom is -0.503 e. The molecule has 2 aromatic rings. The molecule has 0 heterocycles. The molecule has 2 aromatic carbocycles. The fraction of sp³-hybridized carbons (Fsp3) is 0.0667. The Bertz CT molecular complexity index is 750. The van der Waals surface area contributed by atoms with Crippen molar-refractivity contribution in [2.75, 3.05) is 7.11 Å². The van der Waals surface area contributed by atoms with Crippen molar-refractivity contribution in [3.8, 4) is 0 Å². The topological polar surface area (TPSA) is 63.6 Å². The molecular formula is C15H13ClO4S. The van der Waals surface area contributed by atoms with Crippen molar-refractivity contribution in [2.45, 2.75) is 4.90 Å². The number of hydrogen-bond acceptors (Lipinski definition) is 4. The van der Waals surface area contributed by atoms with Crippen LogP contribution in [0.25, 0.3) is 5.76 Å². The highest BCUT2D eigenvalue weighted by Gasteiger charge is 2.26. The van der Waals surface area contributed by atoms with Crippen LogP contribution in [-0.2, 0) is 14.6 Å². The van der Waals surface area contributed by atoms with Crippen molar-refractivity contribution in [1.29, 1.82) is 0 Å². The van der Waals surface area contributed by atoms with E-state index in [0.29, 0.717) is 10.6 Å². The van der Waals surface area contributed by atoms with Crippen LogP contribution in [0.4, 0.5) is 0 Å². The molecule has 21 heavy (non-hydrogen) atoms. The lowest BCUT2D eigenvalue weighted by Crippen LogP contribution is -2.09. The second kappa shape index (κ2) is 6.20. The lowest BCUT2D eigenvalue weighted by atomic mass is 10.2. The third-order valence-corrected chi connectivity index (χ3v) is 4.79. The van der Waals surface area contributed by atoms with Gasteiger partial charge in [0.25, 0.3) is 5.09 Å². The number of ether oxygens (including phenoxy) is 1. The zero-order chi connectivity index (χ0) is 15.5. The predicted octanol–water partition coefficient (Wildman–Crippen LogP) is 3.64. The van der Waals surface area contributed by atoms with Crippen molar-refractivity contribution in [3.63, 3.8) is 0 Å². The van der Waals surface area contributed by atoms with Gasteiger partial charge in [0.2, 0.25) is 9.84 Å². The van der Waals surface area contributed by atoms with E-state index >= 15 is 0 Å². The maximum atomic E-state index is 12.5. The van der Waals surface area contributed by atoms with Crippen LogP contribution < -0.4 is 0 Å². The summed E-state index contributed by atoms with van der Waals surface area (Å²) >= 11 is 5.75. The van der Waals surface area contributed by atoms with Crippen LogP contribution in [0.2, 0.25) is 5.02 Å². The number of benzene rings is 2. The summed E-state index contributed by atoms with van der Waals surface area (Å²) < 4.78 is 29.9. The lowest BCUT2D eigenvalue weighted by Gasteiger charge is -2.11. The summed E-state index contributed by atoms with van der Waals surface area (Å²) in [6.45, 7) is 0. The van der Waals surface area contributed by atoms with E-state index in [1.807, 2.05) is 0 Å². The maximum Gasteiger partial charge on any atom is 0.259 e. The summed E-state index contributed by atoms with van der Waals surface area (Å²) in [4.78, 5) is -0.00812. The third-order valence-electron chi connectivity index (χ3n) is 2.79. The Kier molecular flexibility index (Phi) is 4.55. The highest BCUT2D eigenvalue weighted by atomic mass is 35.5. The normalized spacial score (nSPS) is 12.7. The van der Waals surface area contributed by atoms with Gasteiger partial charge in [0.15, 0.2) is 5.76 Å². The summed E-state index contributed by atoms with van der Waals surface area (Å²) in [7, 11) is -2.77. The van der Waals surface area contributed by atoms with E-state index in [4.69, 9.17) is 16.3 Å². The second-order valence-corrected chi connectivity index (χ2v) is 6.45. The minimum absolute atomic E-state index is 0.00812. The molecule has 1 N–H and O–H groups in total. The van der Waals surface area contributed by atoms with E-state index < -0.39 is 20.7 Å². The van der Waals surface area contributed by atoms with Gasteiger partial charge in [-0.25, -0.2) is 8.42 Å². The first-order valence-electron chi connectivity index (χ1n) is 6.00. The van der Waals surface area contributed by atoms with Gasteiger partial charge in [-0.2, -0.15) is 0 Å². The number of hydrogen-bond donors (Lipinski definition) is 1. The first kappa shape index (κ1) is 15.4. The molecule has 110 valence electrons. The monoisotopic (exact) mass is 324 g/mol. The Labute approximate surface area is 128 Å². The average molecular weight is 325 g/mol. The Balaban J connectivity index is 2.57. The summed E-state index contributed by atoms with van der Waals surface area (Å²) in [6, 6.07) is 13.9. The number of methoxy groups -OCH3 is 1. The van der Waals surface area contributed by atoms with Crippen LogP contribution in [0.15, 0.2) is 64.6 Å². The van der Waals surface area contributed by atoms with Crippen molar-refractivity contribution in [1.82, 2.24) is 0 Å². The molecule has 0 radical (unpaired) electrons. The van der Waals surface area contributed by atoms with Crippen molar-refractivity contribution in [3.05, 3.63) is 70.3 Å². The molecule has 0 aliphatic carbocycles. The van der Waals surface area contributed by atoms with Crippen molar-refractivity contribution < 1.29 is 18.3 Å². The van der Waals surface area contributed by atoms with Gasteiger partial charge in [-0.3, -0.25) is 0 Å². The first-order chi connectivity index (χ1) is 9.96. The zero-order valence-corrected chi connectivity index (χ0v) is 12.7. The molecule has 0 aromatic heterocycles. The molecule has 0 bridgehead atoms. The van der Waals surface area contributed by atoms with E-state index in [0.717, 1.165) is 0 Å². The number of aliphatic hydroxyl groups is 1. The molecule has 2 rings (SSSR count). The van der Waals surface area contributed by atoms with Gasteiger partial charge >= 0.3 is 0 Å². The van der Waals surface area contributed by atoms with Crippen LogP contribution >= 0.6 is 11.6 Å². The summed E-state index contributed by atoms with van der Waals surface area (Å²) in [5.41, 5.74) is 0.354. The molecule has 0 aliphatic rings. The van der Waals surface area contributed by atoms with E-state index in [-0.39, 0.29) is 4.90 Å². The van der Waals surface area contributed by atoms with Gasteiger partial charge in [0.05, 0.1) is 12.0 Å². The second-order valence-electron chi connectivity index (χ2n) is 4.16. The molecule has 0 atom stereocenters. The van der Waals surface area contributed by atoms with Gasteiger partial charge in [0, 0.05) is 10.6 Å². The molecule has 0 unspecified atom stereocenters. The zero-order valence-electron chi connectivity index (χ0n) is 11.2. The van der Waals surface area contributed by atoms with E-state index in [9.17, 15) is 13.5 Å². The molecule has 4 nitrogen and oxygen atoms in total. The molecule has 0 spiro atoms. The molecule has 0 saturated carbocycles. The summed E-state index contributed by atoms with van der Waals surface area (Å²) in [6.07, 6.45) is 0. The average Bonchev–Trinajstić information content (AvgIpc) is 2.49. The van der Waals surface area contributed by atoms with Gasteiger partial charge in [-0.15, -0.1) is 0 Å². The molecule has 0 amide bonds.